The predicted octanol–water partition coefficient (Wildman–Crippen LogP) is 4.10. The van der Waals surface area contributed by atoms with Crippen LogP contribution in [0.2, 0.25) is 0 Å². The molecule has 3 rings (SSSR count). The molecule has 0 radical (unpaired) electrons. The van der Waals surface area contributed by atoms with Gasteiger partial charge in [-0.15, -0.1) is 0 Å². The highest BCUT2D eigenvalue weighted by Crippen LogP contribution is 2.25. The summed E-state index contributed by atoms with van der Waals surface area (Å²) in [6.07, 6.45) is 12.8. The van der Waals surface area contributed by atoms with Crippen molar-refractivity contribution < 1.29 is 13.6 Å². The normalized spacial score (nSPS) is 16.0. The number of hydrogen-bond donors (Lipinski definition) is 0. The van der Waals surface area contributed by atoms with Crippen LogP contribution in [0.25, 0.3) is 0 Å². The van der Waals surface area contributed by atoms with Crippen LogP contribution in [0.3, 0.4) is 0 Å². The van der Waals surface area contributed by atoms with Crippen molar-refractivity contribution in [1.29, 1.82) is 0 Å². The molecule has 0 bridgehead atoms. The van der Waals surface area contributed by atoms with E-state index in [1.165, 1.54) is 38.4 Å². The van der Waals surface area contributed by atoms with Crippen LogP contribution < -0.4 is 0 Å². The minimum Gasteiger partial charge on any atom is -0.472 e. The van der Waals surface area contributed by atoms with Crippen LogP contribution in [0, 0.1) is 5.92 Å². The van der Waals surface area contributed by atoms with Gasteiger partial charge < -0.3 is 13.7 Å². The van der Waals surface area contributed by atoms with Crippen LogP contribution in [0.15, 0.2) is 46.0 Å². The average Bonchev–Trinajstić information content (AvgIpc) is 3.20. The summed E-state index contributed by atoms with van der Waals surface area (Å²) in [5, 5.41) is 0. The van der Waals surface area contributed by atoms with Gasteiger partial charge in [0, 0.05) is 18.7 Å². The molecule has 0 aliphatic heterocycles. The lowest BCUT2D eigenvalue weighted by molar-refractivity contribution is 0.0698. The first kappa shape index (κ1) is 14.0. The highest BCUT2D eigenvalue weighted by molar-refractivity contribution is 5.93. The van der Waals surface area contributed by atoms with E-state index in [-0.39, 0.29) is 5.91 Å². The molecular weight excluding hydrogens is 266 g/mol. The predicted molar refractivity (Wildman–Crippen MR) is 78.7 cm³/mol. The zero-order valence-corrected chi connectivity index (χ0v) is 12.2. The Labute approximate surface area is 124 Å². The average molecular weight is 287 g/mol. The Bertz CT molecular complexity index is 539. The maximum absolute atomic E-state index is 12.6. The number of nitrogens with zero attached hydrogens (tertiary/aromatic N) is 1. The zero-order chi connectivity index (χ0) is 14.5. The highest BCUT2D eigenvalue weighted by Gasteiger charge is 2.23. The Balaban J connectivity index is 1.71. The third kappa shape index (κ3) is 3.57. The van der Waals surface area contributed by atoms with E-state index in [1.807, 2.05) is 11.0 Å². The van der Waals surface area contributed by atoms with Gasteiger partial charge >= 0.3 is 0 Å². The van der Waals surface area contributed by atoms with Crippen molar-refractivity contribution in [2.45, 2.75) is 38.6 Å². The molecule has 0 unspecified atom stereocenters. The van der Waals surface area contributed by atoms with Gasteiger partial charge in [-0.3, -0.25) is 4.79 Å². The molecule has 112 valence electrons. The third-order valence-corrected chi connectivity index (χ3v) is 4.21. The standard InChI is InChI=1S/C17H21NO3/c19-17(16-7-9-21-13-16)18(11-15-6-8-20-12-15)10-14-4-2-1-3-5-14/h6-9,12-14H,1-5,10-11H2. The molecule has 2 aromatic rings. The first-order chi connectivity index (χ1) is 10.3. The molecule has 21 heavy (non-hydrogen) atoms. The molecule has 1 fully saturated rings. The molecule has 1 aliphatic rings. The van der Waals surface area contributed by atoms with Gasteiger partial charge in [-0.05, 0) is 30.9 Å². The topological polar surface area (TPSA) is 46.6 Å². The van der Waals surface area contributed by atoms with Crippen molar-refractivity contribution in [3.05, 3.63) is 48.3 Å². The molecule has 1 saturated carbocycles. The summed E-state index contributed by atoms with van der Waals surface area (Å²) in [5.74, 6) is 0.650. The van der Waals surface area contributed by atoms with E-state index in [0.29, 0.717) is 18.0 Å². The second-order valence-electron chi connectivity index (χ2n) is 5.83. The quantitative estimate of drug-likeness (QED) is 0.832. The summed E-state index contributed by atoms with van der Waals surface area (Å²) < 4.78 is 10.2. The number of amides is 1. The minimum atomic E-state index is 0.0375. The van der Waals surface area contributed by atoms with E-state index in [4.69, 9.17) is 8.83 Å². The van der Waals surface area contributed by atoms with E-state index < -0.39 is 0 Å². The van der Waals surface area contributed by atoms with Gasteiger partial charge in [0.05, 0.1) is 24.4 Å². The van der Waals surface area contributed by atoms with Crippen molar-refractivity contribution in [2.75, 3.05) is 6.54 Å². The van der Waals surface area contributed by atoms with Gasteiger partial charge in [-0.1, -0.05) is 19.3 Å². The largest absolute Gasteiger partial charge is 0.472 e. The van der Waals surface area contributed by atoms with Crippen LogP contribution in [-0.4, -0.2) is 17.4 Å². The van der Waals surface area contributed by atoms with E-state index in [0.717, 1.165) is 12.1 Å². The summed E-state index contributed by atoms with van der Waals surface area (Å²) in [5.41, 5.74) is 1.65. The minimum absolute atomic E-state index is 0.0375. The van der Waals surface area contributed by atoms with E-state index >= 15 is 0 Å². The molecule has 1 amide bonds. The lowest BCUT2D eigenvalue weighted by Crippen LogP contribution is -2.35. The Morgan fingerprint density at radius 2 is 1.86 bits per heavy atom. The maximum atomic E-state index is 12.6. The molecule has 4 nitrogen and oxygen atoms in total. The Kier molecular flexibility index (Phi) is 4.43. The summed E-state index contributed by atoms with van der Waals surface area (Å²) >= 11 is 0. The third-order valence-electron chi connectivity index (χ3n) is 4.21. The summed E-state index contributed by atoms with van der Waals surface area (Å²) in [6, 6.07) is 3.64. The lowest BCUT2D eigenvalue weighted by atomic mass is 9.89. The SMILES string of the molecule is O=C(c1ccoc1)N(Cc1ccoc1)CC1CCCCC1. The molecule has 2 aromatic heterocycles. The summed E-state index contributed by atoms with van der Waals surface area (Å²) in [4.78, 5) is 14.6. The lowest BCUT2D eigenvalue weighted by Gasteiger charge is -2.29. The molecule has 0 spiro atoms. The maximum Gasteiger partial charge on any atom is 0.257 e. The van der Waals surface area contributed by atoms with Crippen LogP contribution in [0.4, 0.5) is 0 Å². The van der Waals surface area contributed by atoms with Gasteiger partial charge in [-0.2, -0.15) is 0 Å². The molecule has 0 atom stereocenters. The molecule has 0 saturated heterocycles. The van der Waals surface area contributed by atoms with Gasteiger partial charge in [0.15, 0.2) is 0 Å². The van der Waals surface area contributed by atoms with Gasteiger partial charge in [0.25, 0.3) is 5.91 Å². The van der Waals surface area contributed by atoms with Crippen molar-refractivity contribution in [3.8, 4) is 0 Å². The molecule has 0 N–H and O–H groups in total. The number of furan rings is 2. The zero-order valence-electron chi connectivity index (χ0n) is 12.2. The van der Waals surface area contributed by atoms with E-state index in [2.05, 4.69) is 0 Å². The smallest absolute Gasteiger partial charge is 0.257 e. The second-order valence-corrected chi connectivity index (χ2v) is 5.83. The monoisotopic (exact) mass is 287 g/mol. The van der Waals surface area contributed by atoms with Crippen LogP contribution in [0.5, 0.6) is 0 Å². The van der Waals surface area contributed by atoms with Gasteiger partial charge in [0.2, 0.25) is 0 Å². The van der Waals surface area contributed by atoms with E-state index in [9.17, 15) is 4.79 Å². The number of rotatable bonds is 5. The molecular formula is C17H21NO3. The fourth-order valence-electron chi connectivity index (χ4n) is 3.07. The Hall–Kier alpha value is -1.97. The number of hydrogen-bond acceptors (Lipinski definition) is 3. The van der Waals surface area contributed by atoms with Crippen molar-refractivity contribution in [1.82, 2.24) is 4.90 Å². The molecule has 1 aliphatic carbocycles. The Morgan fingerprint density at radius 1 is 1.10 bits per heavy atom. The van der Waals surface area contributed by atoms with Gasteiger partial charge in [-0.25, -0.2) is 0 Å². The first-order valence-corrected chi connectivity index (χ1v) is 7.65. The first-order valence-electron chi connectivity index (χ1n) is 7.65. The summed E-state index contributed by atoms with van der Waals surface area (Å²) in [6.45, 7) is 1.41. The van der Waals surface area contributed by atoms with Crippen LogP contribution in [0.1, 0.15) is 48.0 Å². The fourth-order valence-corrected chi connectivity index (χ4v) is 3.07. The van der Waals surface area contributed by atoms with Gasteiger partial charge in [0.1, 0.15) is 6.26 Å². The Morgan fingerprint density at radius 3 is 2.52 bits per heavy atom. The van der Waals surface area contributed by atoms with Crippen molar-refractivity contribution in [2.24, 2.45) is 5.92 Å². The second kappa shape index (κ2) is 6.66. The highest BCUT2D eigenvalue weighted by atomic mass is 16.3. The van der Waals surface area contributed by atoms with E-state index in [1.54, 1.807) is 24.9 Å². The number of carbonyl (C=O) groups is 1. The van der Waals surface area contributed by atoms with Crippen molar-refractivity contribution in [3.63, 3.8) is 0 Å². The molecule has 0 aromatic carbocycles. The van der Waals surface area contributed by atoms with Crippen molar-refractivity contribution >= 4 is 5.91 Å². The van der Waals surface area contributed by atoms with Crippen LogP contribution >= 0.6 is 0 Å². The number of carbonyl (C=O) groups excluding carboxylic acids is 1. The molecule has 4 heteroatoms. The molecule has 2 heterocycles. The fraction of sp³-hybridized carbons (Fsp3) is 0.471. The van der Waals surface area contributed by atoms with Crippen LogP contribution in [-0.2, 0) is 6.54 Å². The summed E-state index contributed by atoms with van der Waals surface area (Å²) in [7, 11) is 0.